The Kier molecular flexibility index (Phi) is 7.93. The van der Waals surface area contributed by atoms with E-state index in [4.69, 9.17) is 54.2 Å². The lowest BCUT2D eigenvalue weighted by Gasteiger charge is -2.20. The van der Waals surface area contributed by atoms with Crippen molar-refractivity contribution < 1.29 is 0 Å². The van der Waals surface area contributed by atoms with Crippen molar-refractivity contribution in [2.75, 3.05) is 0 Å². The van der Waals surface area contributed by atoms with Gasteiger partial charge in [-0.25, -0.2) is 15.0 Å². The molecule has 0 aliphatic carbocycles. The van der Waals surface area contributed by atoms with E-state index < -0.39 is 0 Å². The van der Waals surface area contributed by atoms with Crippen LogP contribution < -0.4 is 27.3 Å². The van der Waals surface area contributed by atoms with Crippen LogP contribution in [0.5, 0.6) is 0 Å². The predicted octanol–water partition coefficient (Wildman–Crippen LogP) is 5.97. The molecule has 3 aromatic heterocycles. The molecule has 0 atom stereocenters. The van der Waals surface area contributed by atoms with Crippen molar-refractivity contribution in [2.24, 2.45) is 0 Å². The van der Waals surface area contributed by atoms with Crippen LogP contribution in [-0.4, -0.2) is 58.8 Å². The summed E-state index contributed by atoms with van der Waals surface area (Å²) < 4.78 is 4.67. The molecule has 7 aromatic carbocycles. The minimum atomic E-state index is 0.128. The van der Waals surface area contributed by atoms with Crippen molar-refractivity contribution in [1.82, 2.24) is 19.5 Å². The van der Waals surface area contributed by atoms with Crippen LogP contribution in [0.4, 0.5) is 0 Å². The fourth-order valence-corrected chi connectivity index (χ4v) is 8.74. The van der Waals surface area contributed by atoms with Gasteiger partial charge in [0.25, 0.3) is 0 Å². The highest BCUT2D eigenvalue weighted by atomic mass is 32.1. The second-order valence-electron chi connectivity index (χ2n) is 13.5. The average Bonchev–Trinajstić information content (AvgIpc) is 3.78. The van der Waals surface area contributed by atoms with Gasteiger partial charge in [0, 0.05) is 53.3 Å². The number of hydrogen-bond acceptors (Lipinski definition) is 4. The van der Waals surface area contributed by atoms with Crippen molar-refractivity contribution in [3.63, 3.8) is 0 Å². The van der Waals surface area contributed by atoms with Crippen molar-refractivity contribution in [1.29, 1.82) is 0 Å². The highest BCUT2D eigenvalue weighted by molar-refractivity contribution is 7.26. The van der Waals surface area contributed by atoms with Crippen LogP contribution in [0.15, 0.2) is 140 Å². The Hall–Kier alpha value is -6.11. The molecule has 0 N–H and O–H groups in total. The maximum atomic E-state index is 6.51. The van der Waals surface area contributed by atoms with E-state index in [2.05, 4.69) is 102 Å². The Bertz CT molecular complexity index is 3130. The number of benzene rings is 7. The summed E-state index contributed by atoms with van der Waals surface area (Å²) in [4.78, 5) is 14.7. The van der Waals surface area contributed by atoms with Gasteiger partial charge in [0.1, 0.15) is 39.2 Å². The largest absolute Gasteiger partial charge is 0.309 e. The highest BCUT2D eigenvalue weighted by Gasteiger charge is 2.20. The summed E-state index contributed by atoms with van der Waals surface area (Å²) in [6.45, 7) is 0. The molecule has 10 rings (SSSR count). The average molecular weight is 706 g/mol. The number of hydrogen-bond donors (Lipinski definition) is 0. The fraction of sp³-hybridized carbons (Fsp3) is 0. The van der Waals surface area contributed by atoms with Crippen LogP contribution >= 0.6 is 11.3 Å². The number of nitrogens with zero attached hydrogens (tertiary/aromatic N) is 4. The molecule has 10 radical (unpaired) electrons. The molecule has 0 amide bonds. The molecule has 0 aliphatic heterocycles. The van der Waals surface area contributed by atoms with E-state index in [9.17, 15) is 0 Å². The monoisotopic (exact) mass is 706 g/mol. The second-order valence-corrected chi connectivity index (χ2v) is 14.6. The van der Waals surface area contributed by atoms with Crippen LogP contribution in [0.2, 0.25) is 0 Å². The first-order valence-electron chi connectivity index (χ1n) is 17.7. The summed E-state index contributed by atoms with van der Waals surface area (Å²) >= 11 is 1.76. The van der Waals surface area contributed by atoms with Crippen molar-refractivity contribution in [2.45, 2.75) is 0 Å². The summed E-state index contributed by atoms with van der Waals surface area (Å²) in [7, 11) is 31.7. The molecule has 10 aromatic rings. The third kappa shape index (κ3) is 5.38. The molecule has 0 saturated heterocycles. The zero-order valence-corrected chi connectivity index (χ0v) is 30.2. The third-order valence-corrected chi connectivity index (χ3v) is 11.5. The van der Waals surface area contributed by atoms with Crippen molar-refractivity contribution in [3.05, 3.63) is 140 Å². The maximum absolute atomic E-state index is 6.51. The van der Waals surface area contributed by atoms with Crippen molar-refractivity contribution in [3.8, 4) is 51.0 Å². The number of para-hydroxylation sites is 2. The minimum absolute atomic E-state index is 0.128. The first kappa shape index (κ1) is 33.5. The molecule has 0 bridgehead atoms. The quantitative estimate of drug-likeness (QED) is 0.207. The van der Waals surface area contributed by atoms with Gasteiger partial charge in [0.2, 0.25) is 0 Å². The van der Waals surface area contributed by atoms with Crippen LogP contribution in [0, 0.1) is 0 Å². The Morgan fingerprint density at radius 2 is 1.02 bits per heavy atom. The number of fused-ring (bicyclic) bond motifs is 6. The molecule has 4 nitrogen and oxygen atoms in total. The Morgan fingerprint density at radius 1 is 0.418 bits per heavy atom. The van der Waals surface area contributed by atoms with Gasteiger partial charge in [-0.1, -0.05) is 95.9 Å². The van der Waals surface area contributed by atoms with Gasteiger partial charge in [-0.2, -0.15) is 0 Å². The van der Waals surface area contributed by atoms with E-state index in [-0.39, 0.29) is 33.1 Å². The van der Waals surface area contributed by atoms with Gasteiger partial charge >= 0.3 is 0 Å². The van der Waals surface area contributed by atoms with Crippen LogP contribution in [0.3, 0.4) is 0 Å². The smallest absolute Gasteiger partial charge is 0.164 e. The lowest BCUT2D eigenvalue weighted by molar-refractivity contribution is 1.08. The van der Waals surface area contributed by atoms with Gasteiger partial charge in [0.15, 0.2) is 17.5 Å². The van der Waals surface area contributed by atoms with E-state index in [1.807, 2.05) is 42.5 Å². The van der Waals surface area contributed by atoms with Gasteiger partial charge < -0.3 is 4.57 Å². The minimum Gasteiger partial charge on any atom is -0.309 e. The SMILES string of the molecule is [B]c1c([B])c([B])c(-c2nc(-c3ccccc3)nc(-c3ccc4sc5cccc(-c6ccc7c(c6)c6ccccc6n7-c6ccccc6)c5c4c3)n2)c([B])c1[B]. The summed E-state index contributed by atoms with van der Waals surface area (Å²) in [5, 5.41) is 4.67. The third-order valence-electron chi connectivity index (χ3n) is 10.3. The number of thiophene rings is 1. The molecule has 0 aliphatic rings. The molecule has 10 heteroatoms. The zero-order valence-electron chi connectivity index (χ0n) is 29.4. The molecule has 3 heterocycles. The summed E-state index contributed by atoms with van der Waals surface area (Å²) in [5.74, 6) is 1.15. The molecular formula is C45H23B5N4S. The Morgan fingerprint density at radius 3 is 1.78 bits per heavy atom. The molecule has 0 unspecified atom stereocenters. The van der Waals surface area contributed by atoms with E-state index >= 15 is 0 Å². The van der Waals surface area contributed by atoms with Gasteiger partial charge in [0.05, 0.1) is 11.0 Å². The maximum Gasteiger partial charge on any atom is 0.164 e. The van der Waals surface area contributed by atoms with E-state index in [0.29, 0.717) is 17.2 Å². The van der Waals surface area contributed by atoms with E-state index in [1.165, 1.54) is 26.4 Å². The summed E-state index contributed by atoms with van der Waals surface area (Å²) in [6.07, 6.45) is 0. The molecule has 244 valence electrons. The topological polar surface area (TPSA) is 43.6 Å². The normalized spacial score (nSPS) is 11.6. The molecule has 55 heavy (non-hydrogen) atoms. The fourth-order valence-electron chi connectivity index (χ4n) is 7.63. The number of rotatable bonds is 5. The molecular weight excluding hydrogens is 683 g/mol. The van der Waals surface area contributed by atoms with Crippen molar-refractivity contribution >= 4 is 120 Å². The van der Waals surface area contributed by atoms with Gasteiger partial charge in [-0.15, -0.1) is 27.7 Å². The van der Waals surface area contributed by atoms with E-state index in [0.717, 1.165) is 43.5 Å². The van der Waals surface area contributed by atoms with Gasteiger partial charge in [-0.3, -0.25) is 0 Å². The van der Waals surface area contributed by atoms with Crippen LogP contribution in [0.1, 0.15) is 0 Å². The van der Waals surface area contributed by atoms with Gasteiger partial charge in [-0.05, 0) is 65.7 Å². The van der Waals surface area contributed by atoms with E-state index in [1.54, 1.807) is 11.3 Å². The summed E-state index contributed by atoms with van der Waals surface area (Å²) in [6, 6.07) is 48.4. The molecule has 0 fully saturated rings. The first-order valence-corrected chi connectivity index (χ1v) is 18.5. The highest BCUT2D eigenvalue weighted by Crippen LogP contribution is 2.43. The zero-order chi connectivity index (χ0) is 37.4. The lowest BCUT2D eigenvalue weighted by atomic mass is 9.60. The lowest BCUT2D eigenvalue weighted by Crippen LogP contribution is -2.55. The van der Waals surface area contributed by atoms with Crippen LogP contribution in [0.25, 0.3) is 93.0 Å². The molecule has 0 saturated carbocycles. The van der Waals surface area contributed by atoms with Crippen LogP contribution in [-0.2, 0) is 0 Å². The summed E-state index contributed by atoms with van der Waals surface area (Å²) in [5.41, 5.74) is 8.38. The molecule has 0 spiro atoms. The predicted molar refractivity (Wildman–Crippen MR) is 236 cm³/mol. The Balaban J connectivity index is 1.18. The second kappa shape index (κ2) is 13.0. The Labute approximate surface area is 328 Å². The standard InChI is InChI=1S/C45H23B5N4S/c46-38-37(39(47)41(49)42(50)40(38)48)45-52-43(24-10-3-1-4-11-24)51-44(53-45)26-19-21-34-31(23-26)36-28(15-9-17-35(36)55-34)25-18-20-33-30(22-25)29-14-7-8-16-32(29)54(33)27-12-5-2-6-13-27/h1-23H. The first-order chi connectivity index (χ1) is 26.9. The number of aromatic nitrogens is 4.